The summed E-state index contributed by atoms with van der Waals surface area (Å²) in [6.07, 6.45) is 8.04. The Hall–Kier alpha value is -1.52. The van der Waals surface area contributed by atoms with Crippen LogP contribution in [-0.2, 0) is 4.79 Å². The molecule has 0 heterocycles. The summed E-state index contributed by atoms with van der Waals surface area (Å²) in [5.41, 5.74) is -0.0292. The van der Waals surface area contributed by atoms with Gasteiger partial charge in [-0.05, 0) is 32.1 Å². The van der Waals surface area contributed by atoms with Gasteiger partial charge in [-0.25, -0.2) is 4.79 Å². The Labute approximate surface area is 107 Å². The Balaban J connectivity index is 1.79. The van der Waals surface area contributed by atoms with Crippen LogP contribution in [0.15, 0.2) is 12.2 Å². The van der Waals surface area contributed by atoms with Gasteiger partial charge in [0.05, 0.1) is 12.0 Å². The largest absolute Gasteiger partial charge is 0.481 e. The average Bonchev–Trinajstić information content (AvgIpc) is 2.72. The fraction of sp³-hybridized carbons (Fsp3) is 0.692. The van der Waals surface area contributed by atoms with Crippen molar-refractivity contribution in [1.82, 2.24) is 10.6 Å². The van der Waals surface area contributed by atoms with Crippen LogP contribution in [0.25, 0.3) is 0 Å². The first-order chi connectivity index (χ1) is 8.54. The summed E-state index contributed by atoms with van der Waals surface area (Å²) in [5.74, 6) is -1.31. The second-order valence-corrected chi connectivity index (χ2v) is 5.26. The van der Waals surface area contributed by atoms with E-state index in [1.165, 1.54) is 6.42 Å². The smallest absolute Gasteiger partial charge is 0.315 e. The number of amides is 2. The third kappa shape index (κ3) is 2.66. The molecule has 3 N–H and O–H groups in total. The lowest BCUT2D eigenvalue weighted by Crippen LogP contribution is -2.57. The van der Waals surface area contributed by atoms with Crippen LogP contribution in [0.3, 0.4) is 0 Å². The summed E-state index contributed by atoms with van der Waals surface area (Å²) < 4.78 is 0. The predicted molar refractivity (Wildman–Crippen MR) is 67.2 cm³/mol. The van der Waals surface area contributed by atoms with E-state index in [4.69, 9.17) is 5.11 Å². The Morgan fingerprint density at radius 2 is 2.11 bits per heavy atom. The van der Waals surface area contributed by atoms with Crippen molar-refractivity contribution in [2.45, 2.75) is 50.6 Å². The molecule has 0 bridgehead atoms. The summed E-state index contributed by atoms with van der Waals surface area (Å²) in [5, 5.41) is 14.7. The molecular formula is C13H20N2O3. The lowest BCUT2D eigenvalue weighted by atomic mass is 9.75. The Bertz CT molecular complexity index is 369. The minimum Gasteiger partial charge on any atom is -0.481 e. The maximum atomic E-state index is 11.8. The highest BCUT2D eigenvalue weighted by atomic mass is 16.4. The van der Waals surface area contributed by atoms with E-state index in [0.29, 0.717) is 6.42 Å². The van der Waals surface area contributed by atoms with Crippen molar-refractivity contribution < 1.29 is 14.7 Å². The molecule has 5 heteroatoms. The van der Waals surface area contributed by atoms with Gasteiger partial charge in [0.1, 0.15) is 0 Å². The Kier molecular flexibility index (Phi) is 3.59. The predicted octanol–water partition coefficient (Wildman–Crippen LogP) is 1.65. The average molecular weight is 252 g/mol. The zero-order valence-electron chi connectivity index (χ0n) is 10.6. The second kappa shape index (κ2) is 5.00. The fourth-order valence-electron chi connectivity index (χ4n) is 2.60. The summed E-state index contributed by atoms with van der Waals surface area (Å²) in [6.45, 7) is 2.08. The van der Waals surface area contributed by atoms with Crippen molar-refractivity contribution in [3.63, 3.8) is 0 Å². The first-order valence-corrected chi connectivity index (χ1v) is 6.54. The molecule has 0 spiro atoms. The van der Waals surface area contributed by atoms with Crippen LogP contribution in [0.5, 0.6) is 0 Å². The minimum atomic E-state index is -0.833. The molecule has 2 rings (SSSR count). The summed E-state index contributed by atoms with van der Waals surface area (Å²) in [6, 6.07) is -0.350. The molecule has 0 radical (unpaired) electrons. The van der Waals surface area contributed by atoms with E-state index in [1.54, 1.807) is 12.2 Å². The Morgan fingerprint density at radius 3 is 2.56 bits per heavy atom. The number of carbonyl (C=O) groups is 2. The van der Waals surface area contributed by atoms with Crippen molar-refractivity contribution in [1.29, 1.82) is 0 Å². The number of urea groups is 1. The van der Waals surface area contributed by atoms with Gasteiger partial charge in [-0.3, -0.25) is 4.79 Å². The molecule has 0 aromatic carbocycles. The maximum absolute atomic E-state index is 11.8. The highest BCUT2D eigenvalue weighted by Crippen LogP contribution is 2.34. The molecule has 2 aliphatic rings. The van der Waals surface area contributed by atoms with Crippen LogP contribution in [0.2, 0.25) is 0 Å². The van der Waals surface area contributed by atoms with Crippen molar-refractivity contribution in [3.8, 4) is 0 Å². The SMILES string of the molecule is CCC1(NC(=O)NC2C=CC(C(=O)O)C2)CCC1. The quantitative estimate of drug-likeness (QED) is 0.666. The highest BCUT2D eigenvalue weighted by molar-refractivity contribution is 5.77. The van der Waals surface area contributed by atoms with E-state index >= 15 is 0 Å². The molecule has 100 valence electrons. The molecule has 0 aromatic heterocycles. The second-order valence-electron chi connectivity index (χ2n) is 5.26. The zero-order chi connectivity index (χ0) is 13.2. The van der Waals surface area contributed by atoms with Gasteiger partial charge >= 0.3 is 12.0 Å². The van der Waals surface area contributed by atoms with E-state index < -0.39 is 11.9 Å². The van der Waals surface area contributed by atoms with Gasteiger partial charge in [0.2, 0.25) is 0 Å². The number of aliphatic carboxylic acids is 1. The molecule has 2 aliphatic carbocycles. The van der Waals surface area contributed by atoms with E-state index in [0.717, 1.165) is 19.3 Å². The van der Waals surface area contributed by atoms with E-state index in [1.807, 2.05) is 0 Å². The first-order valence-electron chi connectivity index (χ1n) is 6.54. The van der Waals surface area contributed by atoms with Gasteiger partial charge in [-0.15, -0.1) is 0 Å². The first kappa shape index (κ1) is 12.9. The number of carbonyl (C=O) groups excluding carboxylic acids is 1. The van der Waals surface area contributed by atoms with Crippen molar-refractivity contribution in [2.24, 2.45) is 5.92 Å². The van der Waals surface area contributed by atoms with Crippen LogP contribution in [0.1, 0.15) is 39.0 Å². The third-order valence-electron chi connectivity index (χ3n) is 4.08. The lowest BCUT2D eigenvalue weighted by Gasteiger charge is -2.42. The number of rotatable bonds is 4. The van der Waals surface area contributed by atoms with Crippen molar-refractivity contribution in [2.75, 3.05) is 0 Å². The number of hydrogen-bond donors (Lipinski definition) is 3. The van der Waals surface area contributed by atoms with Gasteiger partial charge in [0.25, 0.3) is 0 Å². The van der Waals surface area contributed by atoms with Gasteiger partial charge in [0, 0.05) is 5.54 Å². The highest BCUT2D eigenvalue weighted by Gasteiger charge is 2.37. The molecule has 0 aliphatic heterocycles. The maximum Gasteiger partial charge on any atom is 0.315 e. The minimum absolute atomic E-state index is 0.0292. The number of carboxylic acids is 1. The zero-order valence-corrected chi connectivity index (χ0v) is 10.6. The van der Waals surface area contributed by atoms with Crippen LogP contribution < -0.4 is 10.6 Å². The lowest BCUT2D eigenvalue weighted by molar-refractivity contribution is -0.140. The molecule has 1 saturated carbocycles. The molecule has 1 fully saturated rings. The van der Waals surface area contributed by atoms with E-state index in [2.05, 4.69) is 17.6 Å². The molecule has 0 aromatic rings. The normalized spacial score (nSPS) is 28.5. The summed E-state index contributed by atoms with van der Waals surface area (Å²) in [4.78, 5) is 22.6. The number of carboxylic acid groups (broad SMARTS) is 1. The van der Waals surface area contributed by atoms with Gasteiger partial charge in [-0.2, -0.15) is 0 Å². The topological polar surface area (TPSA) is 78.4 Å². The van der Waals surface area contributed by atoms with Crippen LogP contribution >= 0.6 is 0 Å². The van der Waals surface area contributed by atoms with E-state index in [9.17, 15) is 9.59 Å². The van der Waals surface area contributed by atoms with Gasteiger partial charge in [0.15, 0.2) is 0 Å². The summed E-state index contributed by atoms with van der Waals surface area (Å²) >= 11 is 0. The number of nitrogens with one attached hydrogen (secondary N) is 2. The molecule has 2 amide bonds. The van der Waals surface area contributed by atoms with Crippen molar-refractivity contribution in [3.05, 3.63) is 12.2 Å². The third-order valence-corrected chi connectivity index (χ3v) is 4.08. The molecule has 0 saturated heterocycles. The summed E-state index contributed by atoms with van der Waals surface area (Å²) in [7, 11) is 0. The Morgan fingerprint density at radius 1 is 1.39 bits per heavy atom. The molecular weight excluding hydrogens is 232 g/mol. The van der Waals surface area contributed by atoms with E-state index in [-0.39, 0.29) is 17.6 Å². The van der Waals surface area contributed by atoms with Gasteiger partial charge < -0.3 is 15.7 Å². The van der Waals surface area contributed by atoms with Crippen LogP contribution in [0, 0.1) is 5.92 Å². The molecule has 18 heavy (non-hydrogen) atoms. The fourth-order valence-corrected chi connectivity index (χ4v) is 2.60. The van der Waals surface area contributed by atoms with Crippen LogP contribution in [-0.4, -0.2) is 28.7 Å². The standard InChI is InChI=1S/C13H20N2O3/c1-2-13(6-3-7-13)15-12(18)14-10-5-4-9(8-10)11(16)17/h4-5,9-10H,2-3,6-8H2,1H3,(H,16,17)(H2,14,15,18). The molecule has 5 nitrogen and oxygen atoms in total. The molecule has 2 atom stereocenters. The monoisotopic (exact) mass is 252 g/mol. The van der Waals surface area contributed by atoms with Crippen LogP contribution in [0.4, 0.5) is 4.79 Å². The van der Waals surface area contributed by atoms with Crippen molar-refractivity contribution >= 4 is 12.0 Å². The number of hydrogen-bond acceptors (Lipinski definition) is 2. The van der Waals surface area contributed by atoms with Gasteiger partial charge in [-0.1, -0.05) is 19.1 Å². The molecule has 2 unspecified atom stereocenters.